The molecule has 1 aliphatic heterocycles. The van der Waals surface area contributed by atoms with Crippen LogP contribution in [0.4, 0.5) is 8.78 Å². The van der Waals surface area contributed by atoms with Gasteiger partial charge in [-0.15, -0.1) is 11.8 Å². The van der Waals surface area contributed by atoms with Crippen LogP contribution in [-0.4, -0.2) is 65.0 Å². The molecule has 3 rings (SSSR count). The van der Waals surface area contributed by atoms with Gasteiger partial charge in [-0.2, -0.15) is 0 Å². The van der Waals surface area contributed by atoms with Crippen LogP contribution in [-0.2, 0) is 0 Å². The molecule has 1 heterocycles. The minimum Gasteiger partial charge on any atom is -0.392 e. The molecule has 0 aromatic heterocycles. The Hall–Kier alpha value is -1.47. The lowest BCUT2D eigenvalue weighted by atomic mass is 10.0. The molecule has 0 spiro atoms. The van der Waals surface area contributed by atoms with Gasteiger partial charge in [0.15, 0.2) is 0 Å². The van der Waals surface area contributed by atoms with Crippen molar-refractivity contribution < 1.29 is 13.9 Å². The number of halogens is 2. The summed E-state index contributed by atoms with van der Waals surface area (Å²) in [5, 5.41) is 9.79. The van der Waals surface area contributed by atoms with E-state index in [4.69, 9.17) is 0 Å². The number of piperazine rings is 1. The molecule has 3 nitrogen and oxygen atoms in total. The molecule has 1 N–H and O–H groups in total. The summed E-state index contributed by atoms with van der Waals surface area (Å²) in [6.07, 6.45) is -0.316. The number of rotatable bonds is 8. The second-order valence-electron chi connectivity index (χ2n) is 8.36. The van der Waals surface area contributed by atoms with Gasteiger partial charge < -0.3 is 5.11 Å². The SMILES string of the molecule is C[C@@H]1CN(CCSC(c2ccc(F)cc2)c2ccc(F)cc2)C[C@H](C)N1C[C@@H](C)O. The van der Waals surface area contributed by atoms with E-state index in [0.717, 1.165) is 36.5 Å². The first-order valence-electron chi connectivity index (χ1n) is 10.6. The summed E-state index contributed by atoms with van der Waals surface area (Å²) in [7, 11) is 0. The van der Waals surface area contributed by atoms with Crippen molar-refractivity contribution in [1.82, 2.24) is 9.80 Å². The smallest absolute Gasteiger partial charge is 0.123 e. The molecular weight excluding hydrogens is 402 g/mol. The molecule has 0 radical (unpaired) electrons. The minimum atomic E-state index is -0.316. The van der Waals surface area contributed by atoms with Crippen molar-refractivity contribution in [2.75, 3.05) is 31.9 Å². The van der Waals surface area contributed by atoms with Crippen LogP contribution in [0.5, 0.6) is 0 Å². The normalized spacial score (nSPS) is 21.8. The van der Waals surface area contributed by atoms with Crippen molar-refractivity contribution in [3.8, 4) is 0 Å². The second kappa shape index (κ2) is 10.7. The summed E-state index contributed by atoms with van der Waals surface area (Å²) in [5.41, 5.74) is 2.05. The zero-order valence-electron chi connectivity index (χ0n) is 18.0. The topological polar surface area (TPSA) is 26.7 Å². The van der Waals surface area contributed by atoms with Gasteiger partial charge >= 0.3 is 0 Å². The van der Waals surface area contributed by atoms with E-state index in [2.05, 4.69) is 23.6 Å². The van der Waals surface area contributed by atoms with Crippen LogP contribution in [0, 0.1) is 11.6 Å². The molecule has 0 aliphatic carbocycles. The van der Waals surface area contributed by atoms with Crippen molar-refractivity contribution in [2.45, 2.75) is 44.2 Å². The van der Waals surface area contributed by atoms with E-state index in [1.807, 2.05) is 31.2 Å². The summed E-state index contributed by atoms with van der Waals surface area (Å²) >= 11 is 1.81. The Bertz CT molecular complexity index is 727. The van der Waals surface area contributed by atoms with E-state index < -0.39 is 0 Å². The number of thioether (sulfide) groups is 1. The number of nitrogens with zero attached hydrogens (tertiary/aromatic N) is 2. The Morgan fingerprint density at radius 1 is 0.933 bits per heavy atom. The molecule has 0 amide bonds. The molecular formula is C24H32F2N2OS. The summed E-state index contributed by atoms with van der Waals surface area (Å²) in [6.45, 7) is 9.91. The summed E-state index contributed by atoms with van der Waals surface area (Å²) in [5.74, 6) is 0.425. The maximum Gasteiger partial charge on any atom is 0.123 e. The molecule has 2 aromatic carbocycles. The van der Waals surface area contributed by atoms with Crippen molar-refractivity contribution >= 4 is 11.8 Å². The predicted octanol–water partition coefficient (Wildman–Crippen LogP) is 4.56. The number of benzene rings is 2. The van der Waals surface area contributed by atoms with Gasteiger partial charge in [0.05, 0.1) is 11.4 Å². The monoisotopic (exact) mass is 434 g/mol. The van der Waals surface area contributed by atoms with E-state index in [0.29, 0.717) is 18.6 Å². The van der Waals surface area contributed by atoms with E-state index in [1.165, 1.54) is 24.3 Å². The molecule has 0 bridgehead atoms. The molecule has 1 saturated heterocycles. The molecule has 1 aliphatic rings. The van der Waals surface area contributed by atoms with Crippen LogP contribution < -0.4 is 0 Å². The van der Waals surface area contributed by atoms with Gasteiger partial charge in [0.2, 0.25) is 0 Å². The highest BCUT2D eigenvalue weighted by atomic mass is 32.2. The first-order valence-corrected chi connectivity index (χ1v) is 11.7. The predicted molar refractivity (Wildman–Crippen MR) is 121 cm³/mol. The summed E-state index contributed by atoms with van der Waals surface area (Å²) in [6, 6.07) is 14.0. The highest BCUT2D eigenvalue weighted by Gasteiger charge is 2.29. The first-order chi connectivity index (χ1) is 14.3. The largest absolute Gasteiger partial charge is 0.392 e. The van der Waals surface area contributed by atoms with Gasteiger partial charge in [-0.05, 0) is 56.2 Å². The Morgan fingerprint density at radius 2 is 1.40 bits per heavy atom. The van der Waals surface area contributed by atoms with Crippen LogP contribution >= 0.6 is 11.8 Å². The fraction of sp³-hybridized carbons (Fsp3) is 0.500. The number of hydrogen-bond donors (Lipinski definition) is 1. The van der Waals surface area contributed by atoms with Crippen LogP contribution in [0.25, 0.3) is 0 Å². The summed E-state index contributed by atoms with van der Waals surface area (Å²) in [4.78, 5) is 4.86. The van der Waals surface area contributed by atoms with Crippen LogP contribution in [0.1, 0.15) is 37.1 Å². The fourth-order valence-electron chi connectivity index (χ4n) is 4.27. The maximum atomic E-state index is 13.4. The molecule has 2 aromatic rings. The third-order valence-corrected chi connectivity index (χ3v) is 6.99. The second-order valence-corrected chi connectivity index (χ2v) is 9.57. The Kier molecular flexibility index (Phi) is 8.28. The number of aliphatic hydroxyl groups excluding tert-OH is 1. The molecule has 0 unspecified atom stereocenters. The van der Waals surface area contributed by atoms with Gasteiger partial charge in [-0.25, -0.2) is 8.78 Å². The quantitative estimate of drug-likeness (QED) is 0.659. The van der Waals surface area contributed by atoms with Gasteiger partial charge in [0.25, 0.3) is 0 Å². The third-order valence-electron chi connectivity index (χ3n) is 5.69. The zero-order chi connectivity index (χ0) is 21.7. The standard InChI is InChI=1S/C24H32F2N2OS/c1-17-14-27(15-18(2)28(17)16-19(3)29)12-13-30-24(20-4-8-22(25)9-5-20)21-6-10-23(26)11-7-21/h4-11,17-19,24,29H,12-16H2,1-3H3/t17-,18+,19-/m1/s1. The first kappa shape index (κ1) is 23.2. The van der Waals surface area contributed by atoms with Crippen molar-refractivity contribution in [3.63, 3.8) is 0 Å². The van der Waals surface area contributed by atoms with E-state index in [-0.39, 0.29) is 23.0 Å². The van der Waals surface area contributed by atoms with Gasteiger partial charge in [0.1, 0.15) is 11.6 Å². The average molecular weight is 435 g/mol. The minimum absolute atomic E-state index is 0.0394. The van der Waals surface area contributed by atoms with E-state index in [9.17, 15) is 13.9 Å². The fourth-order valence-corrected chi connectivity index (χ4v) is 5.57. The van der Waals surface area contributed by atoms with E-state index in [1.54, 1.807) is 11.8 Å². The summed E-state index contributed by atoms with van der Waals surface area (Å²) < 4.78 is 26.8. The molecule has 164 valence electrons. The van der Waals surface area contributed by atoms with Crippen molar-refractivity contribution in [1.29, 1.82) is 0 Å². The Labute approximate surface area is 183 Å². The number of aliphatic hydroxyl groups is 1. The van der Waals surface area contributed by atoms with Crippen molar-refractivity contribution in [3.05, 3.63) is 71.3 Å². The Balaban J connectivity index is 1.62. The lowest BCUT2D eigenvalue weighted by Gasteiger charge is -2.45. The van der Waals surface area contributed by atoms with Crippen LogP contribution in [0.3, 0.4) is 0 Å². The maximum absolute atomic E-state index is 13.4. The van der Waals surface area contributed by atoms with Crippen LogP contribution in [0.2, 0.25) is 0 Å². The van der Waals surface area contributed by atoms with Gasteiger partial charge in [-0.3, -0.25) is 9.80 Å². The Morgan fingerprint density at radius 3 is 1.83 bits per heavy atom. The molecule has 1 fully saturated rings. The highest BCUT2D eigenvalue weighted by molar-refractivity contribution is 7.99. The van der Waals surface area contributed by atoms with Crippen molar-refractivity contribution in [2.24, 2.45) is 0 Å². The zero-order valence-corrected chi connectivity index (χ0v) is 18.8. The third kappa shape index (κ3) is 6.27. The lowest BCUT2D eigenvalue weighted by Crippen LogP contribution is -2.58. The van der Waals surface area contributed by atoms with Crippen LogP contribution in [0.15, 0.2) is 48.5 Å². The van der Waals surface area contributed by atoms with Gasteiger partial charge in [-0.1, -0.05) is 24.3 Å². The number of β-amino-alcohol motifs (C(OH)–C–C–N with tert-alkyl or cyclic N) is 1. The average Bonchev–Trinajstić information content (AvgIpc) is 2.70. The van der Waals surface area contributed by atoms with E-state index >= 15 is 0 Å². The molecule has 3 atom stereocenters. The lowest BCUT2D eigenvalue weighted by molar-refractivity contribution is 0.0115. The number of hydrogen-bond acceptors (Lipinski definition) is 4. The molecule has 6 heteroatoms. The highest BCUT2D eigenvalue weighted by Crippen LogP contribution is 2.36. The molecule has 30 heavy (non-hydrogen) atoms. The molecule has 0 saturated carbocycles. The van der Waals surface area contributed by atoms with Gasteiger partial charge in [0, 0.05) is 44.0 Å².